The number of carbonyl (C=O) groups is 8. The third-order valence-corrected chi connectivity index (χ3v) is 22.3. The second-order valence-electron chi connectivity index (χ2n) is 31.3. The fraction of sp³-hybridized carbons (Fsp3) is 0.543. The van der Waals surface area contributed by atoms with Crippen molar-refractivity contribution in [2.75, 3.05) is 177 Å². The Morgan fingerprint density at radius 1 is 0.634 bits per heavy atom. The minimum atomic E-state index is -2.12. The third kappa shape index (κ3) is 28.7. The minimum absolute atomic E-state index is 0.0182. The van der Waals surface area contributed by atoms with E-state index in [1.165, 1.54) is 34.9 Å². The molecule has 39 heteroatoms. The Morgan fingerprint density at radius 3 is 1.83 bits per heavy atom. The van der Waals surface area contributed by atoms with Crippen LogP contribution >= 0.6 is 0 Å². The van der Waals surface area contributed by atoms with Crippen LogP contribution < -0.4 is 41.8 Å². The number of para-hydroxylation sites is 1. The molecule has 10 N–H and O–H groups in total. The molecular weight excluding hydrogens is 1720 g/mol. The van der Waals surface area contributed by atoms with Gasteiger partial charge in [-0.3, -0.25) is 28.8 Å². The highest BCUT2D eigenvalue weighted by atomic mass is 19.1. The first-order chi connectivity index (χ1) is 63.6. The Kier molecular flexibility index (Phi) is 40.1. The number of aromatic nitrogens is 2. The van der Waals surface area contributed by atoms with E-state index in [1.807, 2.05) is 48.5 Å². The molecule has 6 heterocycles. The zero-order chi connectivity index (χ0) is 93.0. The Bertz CT molecular complexity index is 4990. The number of aliphatic hydroxyl groups is 4. The van der Waals surface area contributed by atoms with Crippen molar-refractivity contribution in [1.82, 2.24) is 36.1 Å². The van der Waals surface area contributed by atoms with Crippen LogP contribution in [0.1, 0.15) is 126 Å². The summed E-state index contributed by atoms with van der Waals surface area (Å²) in [4.78, 5) is 129. The molecule has 1 fully saturated rings. The molecule has 2 aromatic heterocycles. The normalized spacial score (nSPS) is 18.3. The number of carboxylic acid groups (broad SMARTS) is 1. The van der Waals surface area contributed by atoms with Crippen LogP contribution in [0.3, 0.4) is 0 Å². The number of nitrogens with zero attached hydrogens (tertiary/aromatic N) is 3. The molecule has 11 rings (SSSR count). The number of aliphatic carboxylic acids is 1. The number of halogens is 1. The number of hydrogen-bond donors (Lipinski definition) is 10. The lowest BCUT2D eigenvalue weighted by atomic mass is 9.81. The highest BCUT2D eigenvalue weighted by molar-refractivity contribution is 5.96. The van der Waals surface area contributed by atoms with E-state index in [9.17, 15) is 68.7 Å². The number of anilines is 1. The monoisotopic (exact) mass is 1830 g/mol. The number of aliphatic hydroxyl groups excluding tert-OH is 3. The number of carbonyl (C=O) groups excluding carboxylic acids is 7. The first-order valence-corrected chi connectivity index (χ1v) is 44.0. The smallest absolute Gasteiger partial charge is 0.407 e. The van der Waals surface area contributed by atoms with E-state index >= 15 is 4.39 Å². The van der Waals surface area contributed by atoms with E-state index < -0.39 is 108 Å². The van der Waals surface area contributed by atoms with Gasteiger partial charge in [0, 0.05) is 91.7 Å². The van der Waals surface area contributed by atoms with Crippen LogP contribution in [0.5, 0.6) is 5.75 Å². The van der Waals surface area contributed by atoms with Crippen LogP contribution in [-0.2, 0) is 149 Å². The van der Waals surface area contributed by atoms with E-state index in [-0.39, 0.29) is 156 Å². The zero-order valence-corrected chi connectivity index (χ0v) is 73.8. The van der Waals surface area contributed by atoms with Crippen LogP contribution in [-0.4, -0.2) is 292 Å². The molecule has 0 spiro atoms. The van der Waals surface area contributed by atoms with Crippen LogP contribution in [0.15, 0.2) is 83.7 Å². The fourth-order valence-electron chi connectivity index (χ4n) is 15.3. The molecular formula is C92H117FN8O30. The van der Waals surface area contributed by atoms with Crippen molar-refractivity contribution in [3.63, 3.8) is 0 Å². The van der Waals surface area contributed by atoms with E-state index in [0.29, 0.717) is 183 Å². The number of rotatable bonds is 57. The highest BCUT2D eigenvalue weighted by Gasteiger charge is 2.49. The third-order valence-electron chi connectivity index (χ3n) is 22.3. The fourth-order valence-corrected chi connectivity index (χ4v) is 15.3. The maximum Gasteiger partial charge on any atom is 0.407 e. The summed E-state index contributed by atoms with van der Waals surface area (Å²) in [6, 6.07) is 19.8. The molecule has 38 nitrogen and oxygen atoms in total. The summed E-state index contributed by atoms with van der Waals surface area (Å²) < 4.78 is 105. The molecule has 1 saturated heterocycles. The number of cyclic esters (lactones) is 1. The van der Waals surface area contributed by atoms with Crippen molar-refractivity contribution in [2.24, 2.45) is 0 Å². The summed E-state index contributed by atoms with van der Waals surface area (Å²) in [7, 11) is 1.62. The number of pyridine rings is 2. The van der Waals surface area contributed by atoms with Crippen molar-refractivity contribution in [3.05, 3.63) is 156 Å². The van der Waals surface area contributed by atoms with Crippen LogP contribution in [0.4, 0.5) is 14.9 Å². The molecule has 4 aliphatic heterocycles. The minimum Gasteiger partial charge on any atom is -0.479 e. The van der Waals surface area contributed by atoms with Gasteiger partial charge in [0.1, 0.15) is 49.1 Å². The van der Waals surface area contributed by atoms with Crippen molar-refractivity contribution < 1.29 is 144 Å². The maximum absolute atomic E-state index is 15.7. The van der Waals surface area contributed by atoms with Gasteiger partial charge in [-0.05, 0) is 103 Å². The summed E-state index contributed by atoms with van der Waals surface area (Å²) >= 11 is 0. The van der Waals surface area contributed by atoms with Crippen LogP contribution in [0.25, 0.3) is 22.3 Å². The Hall–Kier alpha value is -10.6. The lowest BCUT2D eigenvalue weighted by Gasteiger charge is -2.38. The zero-order valence-electron chi connectivity index (χ0n) is 73.8. The number of ether oxygens (including phenoxy) is 16. The molecule has 0 radical (unpaired) electrons. The Morgan fingerprint density at radius 2 is 1.21 bits per heavy atom. The summed E-state index contributed by atoms with van der Waals surface area (Å²) in [5.74, 6) is 0.423. The number of alkyl carbamates (subject to hydrolysis) is 1. The lowest BCUT2D eigenvalue weighted by Crippen LogP contribution is -2.61. The summed E-state index contributed by atoms with van der Waals surface area (Å²) in [6.45, 7) is 10.5. The number of amides is 6. The quantitative estimate of drug-likeness (QED) is 0.0149. The average molecular weight is 1830 g/mol. The van der Waals surface area contributed by atoms with Gasteiger partial charge in [-0.2, -0.15) is 0 Å². The SMILES string of the molecule is CC[C@@]1(O)C(=O)OCc2c1cc1n(c2=O)Cc2c-1nc1cc(F)c(C)c3c1c2[C@@H](NC(=O)OCc1ccc(O[C@@H]2O[C@H](C(=O)O)[C@@H](O)[C@H](O)[C@H]2O)c(CNC(=O)CCNC(=O)[C@H](CNC(=O)CCOCCOCCOCCOCCOCCOCCOCCOCCOCCOCCOCCOC)NC(=O)CCCCC(=O)N2Cc4ccccc4C#Cc4ccccc42)c1)CC3. The van der Waals surface area contributed by atoms with Crippen molar-refractivity contribution in [2.45, 2.75) is 153 Å². The molecule has 8 atom stereocenters. The number of unbranched alkanes of at least 4 members (excludes halogenated alkanes) is 1. The number of fused-ring (bicyclic) bond motifs is 7. The molecule has 5 aliphatic rings. The molecule has 4 aromatic carbocycles. The summed E-state index contributed by atoms with van der Waals surface area (Å²) in [5, 5.41) is 67.8. The van der Waals surface area contributed by atoms with Gasteiger partial charge < -0.3 is 137 Å². The van der Waals surface area contributed by atoms with E-state index in [1.54, 1.807) is 25.9 Å². The van der Waals surface area contributed by atoms with Gasteiger partial charge >= 0.3 is 18.0 Å². The molecule has 6 amide bonds. The molecule has 0 unspecified atom stereocenters. The van der Waals surface area contributed by atoms with E-state index in [2.05, 4.69) is 38.4 Å². The van der Waals surface area contributed by atoms with Crippen molar-refractivity contribution in [3.8, 4) is 29.0 Å². The summed E-state index contributed by atoms with van der Waals surface area (Å²) in [5.41, 5.74) is 3.84. The van der Waals surface area contributed by atoms with Crippen molar-refractivity contribution >= 4 is 64.2 Å². The molecule has 6 aromatic rings. The summed E-state index contributed by atoms with van der Waals surface area (Å²) in [6.07, 6.45) is -10.5. The number of esters is 1. The van der Waals surface area contributed by atoms with Gasteiger partial charge in [0.25, 0.3) is 5.56 Å². The van der Waals surface area contributed by atoms with E-state index in [4.69, 9.17) is 80.8 Å². The molecule has 712 valence electrons. The number of benzene rings is 4. The molecule has 1 aliphatic carbocycles. The Balaban J connectivity index is 0.628. The molecule has 0 bridgehead atoms. The van der Waals surface area contributed by atoms with Gasteiger partial charge in [0.2, 0.25) is 35.8 Å². The predicted molar refractivity (Wildman–Crippen MR) is 463 cm³/mol. The number of methoxy groups -OCH3 is 1. The largest absolute Gasteiger partial charge is 0.479 e. The standard InChI is InChI=1S/C92H117FN8O30/c1-4-92(115)67-50-73-81-65(55-101(73)87(110)66(67)57-128-90(92)113)80-69(21-20-64-58(2)68(93)51-70(98-81)79(64)80)99-91(114)129-56-59-17-22-74(130-89-84(108)82(106)83(107)85(131-89)88(111)112)63(49-59)52-95-75(102)23-25-94-86(109)71(97-77(104)15-9-10-16-78(105)100-54-62-13-6-5-11-60(62)18-19-61-12-7-8-14-72(61)100)53-96-76(103)24-26-117-29-30-119-33-34-121-37-38-123-41-42-125-45-46-127-48-47-126-44-43-124-40-39-122-36-35-120-32-31-118-28-27-116-3/h5-8,11-14,17,22,49-51,69,71,82-85,89,106-108,115H,4,9-10,15-16,20-21,23-48,52-57H2,1-3H3,(H,94,109)(H,95,102)(H,96,103)(H,97,104)(H,99,114)(H,111,112)/t69-,71-,82-,83-,84+,85-,89+,92-/m0/s1. The van der Waals surface area contributed by atoms with Crippen molar-refractivity contribution in [1.29, 1.82) is 0 Å². The first kappa shape index (κ1) is 101. The number of nitrogens with one attached hydrogen (secondary N) is 5. The van der Waals surface area contributed by atoms with Gasteiger partial charge in [-0.25, -0.2) is 23.8 Å². The maximum atomic E-state index is 15.7. The van der Waals surface area contributed by atoms with Gasteiger partial charge in [0.15, 0.2) is 11.7 Å². The second kappa shape index (κ2) is 52.0. The van der Waals surface area contributed by atoms with E-state index in [0.717, 1.165) is 11.1 Å². The Labute approximate surface area is 756 Å². The van der Waals surface area contributed by atoms with Crippen LogP contribution in [0, 0.1) is 24.6 Å². The topological polar surface area (TPSA) is 484 Å². The second-order valence-corrected chi connectivity index (χ2v) is 31.3. The average Bonchev–Trinajstić information content (AvgIpc) is 1.57. The number of carboxylic acids is 1. The first-order valence-electron chi connectivity index (χ1n) is 44.0. The number of aryl methyl sites for hydroxylation is 1. The number of hydrogen-bond acceptors (Lipinski definition) is 30. The predicted octanol–water partition coefficient (Wildman–Crippen LogP) is 3.16. The molecule has 0 saturated carbocycles. The van der Waals surface area contributed by atoms with Gasteiger partial charge in [-0.15, -0.1) is 0 Å². The van der Waals surface area contributed by atoms with Gasteiger partial charge in [-0.1, -0.05) is 55.2 Å². The lowest BCUT2D eigenvalue weighted by molar-refractivity contribution is -0.271. The van der Waals surface area contributed by atoms with Gasteiger partial charge in [0.05, 0.1) is 199 Å². The highest BCUT2D eigenvalue weighted by Crippen LogP contribution is 2.46. The molecule has 131 heavy (non-hydrogen) atoms. The van der Waals surface area contributed by atoms with Crippen LogP contribution in [0.2, 0.25) is 0 Å².